The highest BCUT2D eigenvalue weighted by molar-refractivity contribution is 5.86. The average Bonchev–Trinajstić information content (AvgIpc) is 2.98. The van der Waals surface area contributed by atoms with Crippen molar-refractivity contribution in [2.75, 3.05) is 43.1 Å². The summed E-state index contributed by atoms with van der Waals surface area (Å²) in [5.74, 6) is -0.274. The van der Waals surface area contributed by atoms with E-state index in [1.807, 2.05) is 9.80 Å². The molecule has 3 heterocycles. The van der Waals surface area contributed by atoms with Gasteiger partial charge in [-0.25, -0.2) is 9.18 Å². The van der Waals surface area contributed by atoms with Crippen LogP contribution in [0.2, 0.25) is 0 Å². The van der Waals surface area contributed by atoms with Crippen molar-refractivity contribution in [2.24, 2.45) is 5.41 Å². The van der Waals surface area contributed by atoms with Crippen LogP contribution in [0.25, 0.3) is 0 Å². The summed E-state index contributed by atoms with van der Waals surface area (Å²) in [6.07, 6.45) is 3.02. The van der Waals surface area contributed by atoms with Gasteiger partial charge in [-0.1, -0.05) is 0 Å². The van der Waals surface area contributed by atoms with Gasteiger partial charge in [-0.3, -0.25) is 10.1 Å². The largest absolute Gasteiger partial charge is 0.465 e. The number of likely N-dealkylation sites (tertiary alicyclic amines) is 1. The molecule has 0 bridgehead atoms. The highest BCUT2D eigenvalue weighted by atomic mass is 19.1. The molecule has 7 nitrogen and oxygen atoms in total. The first-order chi connectivity index (χ1) is 13.5. The van der Waals surface area contributed by atoms with Gasteiger partial charge in [0.1, 0.15) is 5.82 Å². The van der Waals surface area contributed by atoms with E-state index in [0.29, 0.717) is 32.0 Å². The Balaban J connectivity index is 1.50. The van der Waals surface area contributed by atoms with Crippen LogP contribution in [0.5, 0.6) is 0 Å². The molecule has 2 N–H and O–H groups in total. The number of ether oxygens (including phenoxy) is 1. The first-order valence-electron chi connectivity index (χ1n) is 9.92. The van der Waals surface area contributed by atoms with Crippen molar-refractivity contribution in [1.29, 1.82) is 0 Å². The van der Waals surface area contributed by atoms with E-state index in [9.17, 15) is 14.0 Å². The Morgan fingerprint density at radius 1 is 1.25 bits per heavy atom. The quantitative estimate of drug-likeness (QED) is 0.828. The number of anilines is 2. The second-order valence-electron chi connectivity index (χ2n) is 7.99. The molecule has 1 aromatic rings. The lowest BCUT2D eigenvalue weighted by Crippen LogP contribution is -2.50. The zero-order valence-electron chi connectivity index (χ0n) is 15.8. The van der Waals surface area contributed by atoms with Crippen molar-refractivity contribution < 1.29 is 23.8 Å². The number of rotatable bonds is 3. The molecule has 0 unspecified atom stereocenters. The highest BCUT2D eigenvalue weighted by Gasteiger charge is 2.50. The van der Waals surface area contributed by atoms with Crippen LogP contribution in [0.3, 0.4) is 0 Å². The Kier molecular flexibility index (Phi) is 5.14. The van der Waals surface area contributed by atoms with E-state index in [1.165, 1.54) is 6.07 Å². The molecule has 0 aromatic heterocycles. The lowest BCUT2D eigenvalue weighted by Gasteiger charge is -2.41. The van der Waals surface area contributed by atoms with Gasteiger partial charge < -0.3 is 19.6 Å². The molecule has 152 valence electrons. The van der Waals surface area contributed by atoms with E-state index in [4.69, 9.17) is 9.84 Å². The molecule has 28 heavy (non-hydrogen) atoms. The minimum absolute atomic E-state index is 0.197. The van der Waals surface area contributed by atoms with Gasteiger partial charge in [-0.2, -0.15) is 0 Å². The van der Waals surface area contributed by atoms with Crippen LogP contribution in [0, 0.1) is 11.2 Å². The number of piperidine rings is 1. The summed E-state index contributed by atoms with van der Waals surface area (Å²) in [5.41, 5.74) is 0.177. The highest BCUT2D eigenvalue weighted by Crippen LogP contribution is 2.43. The van der Waals surface area contributed by atoms with Crippen molar-refractivity contribution in [3.63, 3.8) is 0 Å². The molecule has 0 radical (unpaired) electrons. The average molecular weight is 391 g/mol. The third-order valence-corrected chi connectivity index (χ3v) is 6.29. The summed E-state index contributed by atoms with van der Waals surface area (Å²) in [4.78, 5) is 28.0. The number of carbonyl (C=O) groups excluding carboxylic acids is 1. The number of carboxylic acid groups (broad SMARTS) is 1. The molecule has 0 aliphatic carbocycles. The lowest BCUT2D eigenvalue weighted by molar-refractivity contribution is -0.139. The zero-order valence-corrected chi connectivity index (χ0v) is 15.8. The predicted molar refractivity (Wildman–Crippen MR) is 102 cm³/mol. The van der Waals surface area contributed by atoms with E-state index in [1.54, 1.807) is 12.1 Å². The van der Waals surface area contributed by atoms with Crippen molar-refractivity contribution in [3.8, 4) is 0 Å². The fourth-order valence-corrected chi connectivity index (χ4v) is 4.87. The minimum atomic E-state index is -1.23. The topological polar surface area (TPSA) is 82.1 Å². The molecule has 8 heteroatoms. The summed E-state index contributed by atoms with van der Waals surface area (Å²) in [7, 11) is 0. The molecular formula is C20H26FN3O4. The number of carbonyl (C=O) groups is 2. The molecule has 3 fully saturated rings. The van der Waals surface area contributed by atoms with Gasteiger partial charge in [0.05, 0.1) is 11.1 Å². The predicted octanol–water partition coefficient (Wildman–Crippen LogP) is 2.91. The summed E-state index contributed by atoms with van der Waals surface area (Å²) in [6, 6.07) is 4.60. The van der Waals surface area contributed by atoms with Gasteiger partial charge in [0, 0.05) is 44.6 Å². The molecule has 2 amide bonds. The maximum absolute atomic E-state index is 14.6. The van der Waals surface area contributed by atoms with Crippen LogP contribution >= 0.6 is 0 Å². The molecule has 1 atom stereocenters. The SMILES string of the molecule is O=C(O)Nc1ccc(N2CCC[C@]3(CCN(C4CCOCC4)C3=O)C2)c(F)c1. The number of halogens is 1. The van der Waals surface area contributed by atoms with E-state index in [-0.39, 0.29) is 17.6 Å². The normalized spacial score (nSPS) is 26.1. The Morgan fingerprint density at radius 2 is 2.04 bits per heavy atom. The molecule has 1 spiro atoms. The van der Waals surface area contributed by atoms with E-state index in [2.05, 4.69) is 5.32 Å². The second-order valence-corrected chi connectivity index (χ2v) is 7.99. The Hall–Kier alpha value is -2.35. The fraction of sp³-hybridized carbons (Fsp3) is 0.600. The van der Waals surface area contributed by atoms with Crippen molar-refractivity contribution in [1.82, 2.24) is 4.90 Å². The van der Waals surface area contributed by atoms with Crippen LogP contribution in [-0.2, 0) is 9.53 Å². The van der Waals surface area contributed by atoms with Crippen molar-refractivity contribution >= 4 is 23.4 Å². The van der Waals surface area contributed by atoms with Crippen molar-refractivity contribution in [3.05, 3.63) is 24.0 Å². The van der Waals surface area contributed by atoms with Crippen LogP contribution in [0.15, 0.2) is 18.2 Å². The maximum atomic E-state index is 14.6. The molecule has 4 rings (SSSR count). The lowest BCUT2D eigenvalue weighted by atomic mass is 9.78. The summed E-state index contributed by atoms with van der Waals surface area (Å²) < 4.78 is 20.1. The van der Waals surface area contributed by atoms with Gasteiger partial charge in [0.25, 0.3) is 0 Å². The molecule has 0 saturated carbocycles. The monoisotopic (exact) mass is 391 g/mol. The van der Waals surface area contributed by atoms with Gasteiger partial charge >= 0.3 is 6.09 Å². The summed E-state index contributed by atoms with van der Waals surface area (Å²) in [6.45, 7) is 3.37. The fourth-order valence-electron chi connectivity index (χ4n) is 4.87. The molecule has 3 saturated heterocycles. The second kappa shape index (κ2) is 7.58. The number of nitrogens with zero attached hydrogens (tertiary/aromatic N) is 2. The maximum Gasteiger partial charge on any atom is 0.409 e. The number of nitrogens with one attached hydrogen (secondary N) is 1. The van der Waals surface area contributed by atoms with E-state index in [0.717, 1.165) is 38.6 Å². The molecular weight excluding hydrogens is 365 g/mol. The van der Waals surface area contributed by atoms with Crippen LogP contribution in [-0.4, -0.2) is 60.9 Å². The van der Waals surface area contributed by atoms with Gasteiger partial charge in [0.15, 0.2) is 0 Å². The summed E-state index contributed by atoms with van der Waals surface area (Å²) >= 11 is 0. The summed E-state index contributed by atoms with van der Waals surface area (Å²) in [5, 5.41) is 10.9. The standard InChI is InChI=1S/C20H26FN3O4/c21-16-12-14(22-19(26)27)2-3-17(16)23-8-1-6-20(13-23)7-9-24(18(20)25)15-4-10-28-11-5-15/h2-3,12,15,22H,1,4-11,13H2,(H,26,27)/t20-/m0/s1. The zero-order chi connectivity index (χ0) is 19.7. The van der Waals surface area contributed by atoms with Crippen LogP contribution in [0.1, 0.15) is 32.1 Å². The van der Waals surface area contributed by atoms with Gasteiger partial charge in [-0.05, 0) is 50.3 Å². The third kappa shape index (κ3) is 3.53. The van der Waals surface area contributed by atoms with Crippen molar-refractivity contribution in [2.45, 2.75) is 38.1 Å². The number of hydrogen-bond acceptors (Lipinski definition) is 4. The van der Waals surface area contributed by atoms with E-state index < -0.39 is 17.3 Å². The van der Waals surface area contributed by atoms with Gasteiger partial charge in [0.2, 0.25) is 5.91 Å². The number of benzene rings is 1. The molecule has 3 aliphatic rings. The number of hydrogen-bond donors (Lipinski definition) is 2. The first kappa shape index (κ1) is 19.0. The smallest absolute Gasteiger partial charge is 0.409 e. The van der Waals surface area contributed by atoms with Crippen LogP contribution in [0.4, 0.5) is 20.6 Å². The Bertz CT molecular complexity index is 768. The van der Waals surface area contributed by atoms with Gasteiger partial charge in [-0.15, -0.1) is 0 Å². The van der Waals surface area contributed by atoms with E-state index >= 15 is 0 Å². The van der Waals surface area contributed by atoms with Crippen LogP contribution < -0.4 is 10.2 Å². The molecule has 1 aromatic carbocycles. The molecule has 3 aliphatic heterocycles. The number of amides is 2. The minimum Gasteiger partial charge on any atom is -0.465 e. The Labute approximate surface area is 163 Å². The Morgan fingerprint density at radius 3 is 2.75 bits per heavy atom. The third-order valence-electron chi connectivity index (χ3n) is 6.29. The first-order valence-corrected chi connectivity index (χ1v) is 9.92.